The normalized spacial score (nSPS) is 15.0. The molecular weight excluding hydrogens is 606 g/mol. The third-order valence-electron chi connectivity index (χ3n) is 9.31. The van der Waals surface area contributed by atoms with Crippen LogP contribution in [0, 0.1) is 16.7 Å². The molecule has 0 saturated carbocycles. The fourth-order valence-corrected chi connectivity index (χ4v) is 6.09. The van der Waals surface area contributed by atoms with Crippen LogP contribution in [-0.4, -0.2) is 45.0 Å². The number of unbranched alkanes of at least 4 members (excludes halogenated alkanes) is 1. The Hall–Kier alpha value is -4.97. The van der Waals surface area contributed by atoms with E-state index in [2.05, 4.69) is 20.8 Å². The lowest BCUT2D eigenvalue weighted by molar-refractivity contribution is -0.150. The van der Waals surface area contributed by atoms with E-state index in [1.54, 1.807) is 60.7 Å². The molecule has 246 valence electrons. The first-order valence-electron chi connectivity index (χ1n) is 16.3. The molecule has 0 radical (unpaired) electrons. The van der Waals surface area contributed by atoms with Crippen LogP contribution < -0.4 is 14.2 Å². The predicted octanol–water partition coefficient (Wildman–Crippen LogP) is 7.91. The third-order valence-corrected chi connectivity index (χ3v) is 9.31. The van der Waals surface area contributed by atoms with Crippen LogP contribution >= 0.6 is 0 Å². The molecule has 0 amide bonds. The maximum absolute atomic E-state index is 13.0. The van der Waals surface area contributed by atoms with Gasteiger partial charge in [0.05, 0.1) is 49.2 Å². The molecule has 8 heteroatoms. The van der Waals surface area contributed by atoms with Crippen molar-refractivity contribution in [3.63, 3.8) is 0 Å². The molecule has 1 aliphatic heterocycles. The number of ether oxygens (including phenoxy) is 5. The standard InChI is InChI=1S/C40H39NO7/c1-4-40(25-45-26-40)24-44-19-5-6-20-46-30-13-11-29(12-14-30)38(43)48-32-16-18-34-33-17-15-31(21-35(33)39(2,3)36(34)22-32)47-37(42)28-9-7-27(23-41)8-10-28/h7-18,21-22H,4-6,19-20,24-26H2,1-3H3. The molecule has 1 heterocycles. The number of fused-ring (bicyclic) bond motifs is 3. The average molecular weight is 646 g/mol. The minimum absolute atomic E-state index is 0.211. The number of hydrogen-bond acceptors (Lipinski definition) is 8. The van der Waals surface area contributed by atoms with E-state index in [-0.39, 0.29) is 5.41 Å². The fourth-order valence-electron chi connectivity index (χ4n) is 6.09. The van der Waals surface area contributed by atoms with Gasteiger partial charge in [-0.15, -0.1) is 0 Å². The molecule has 1 fully saturated rings. The second-order valence-electron chi connectivity index (χ2n) is 13.0. The zero-order valence-corrected chi connectivity index (χ0v) is 27.5. The number of carbonyl (C=O) groups is 2. The van der Waals surface area contributed by atoms with Crippen molar-refractivity contribution in [2.45, 2.75) is 45.4 Å². The van der Waals surface area contributed by atoms with E-state index in [4.69, 9.17) is 28.9 Å². The Bertz CT molecular complexity index is 1830. The Morgan fingerprint density at radius 2 is 1.27 bits per heavy atom. The lowest BCUT2D eigenvalue weighted by Gasteiger charge is -2.40. The van der Waals surface area contributed by atoms with Gasteiger partial charge in [0.1, 0.15) is 17.2 Å². The van der Waals surface area contributed by atoms with Crippen molar-refractivity contribution in [3.8, 4) is 34.4 Å². The van der Waals surface area contributed by atoms with Gasteiger partial charge in [-0.05, 0) is 114 Å². The van der Waals surface area contributed by atoms with Gasteiger partial charge in [-0.3, -0.25) is 0 Å². The summed E-state index contributed by atoms with van der Waals surface area (Å²) >= 11 is 0. The minimum atomic E-state index is -0.497. The molecule has 0 N–H and O–H groups in total. The quantitative estimate of drug-likeness (QED) is 0.0821. The smallest absolute Gasteiger partial charge is 0.343 e. The molecule has 6 rings (SSSR count). The van der Waals surface area contributed by atoms with Crippen LogP contribution in [0.1, 0.15) is 77.4 Å². The molecule has 0 unspecified atom stereocenters. The van der Waals surface area contributed by atoms with Crippen molar-refractivity contribution in [1.29, 1.82) is 5.26 Å². The number of rotatable bonds is 13. The van der Waals surface area contributed by atoms with Crippen LogP contribution in [0.25, 0.3) is 11.1 Å². The number of hydrogen-bond donors (Lipinski definition) is 0. The second-order valence-corrected chi connectivity index (χ2v) is 13.0. The Morgan fingerprint density at radius 1 is 0.750 bits per heavy atom. The first-order valence-corrected chi connectivity index (χ1v) is 16.3. The summed E-state index contributed by atoms with van der Waals surface area (Å²) in [6, 6.07) is 26.6. The monoisotopic (exact) mass is 645 g/mol. The van der Waals surface area contributed by atoms with Crippen LogP contribution in [0.5, 0.6) is 17.2 Å². The summed E-state index contributed by atoms with van der Waals surface area (Å²) in [5.41, 5.74) is 5.12. The summed E-state index contributed by atoms with van der Waals surface area (Å²) in [7, 11) is 0. The molecule has 1 aliphatic carbocycles. The third kappa shape index (κ3) is 6.98. The molecule has 48 heavy (non-hydrogen) atoms. The van der Waals surface area contributed by atoms with Crippen LogP contribution in [0.3, 0.4) is 0 Å². The summed E-state index contributed by atoms with van der Waals surface area (Å²) in [5, 5.41) is 9.01. The Labute approximate surface area is 281 Å². The summed E-state index contributed by atoms with van der Waals surface area (Å²) in [6.07, 6.45) is 2.87. The van der Waals surface area contributed by atoms with Gasteiger partial charge in [0, 0.05) is 17.4 Å². The summed E-state index contributed by atoms with van der Waals surface area (Å²) in [4.78, 5) is 25.8. The molecule has 0 atom stereocenters. The highest BCUT2D eigenvalue weighted by Gasteiger charge is 2.37. The largest absolute Gasteiger partial charge is 0.494 e. The Balaban J connectivity index is 1.02. The van der Waals surface area contributed by atoms with Gasteiger partial charge in [0.2, 0.25) is 0 Å². The molecule has 2 aliphatic rings. The van der Waals surface area contributed by atoms with Gasteiger partial charge in [-0.2, -0.15) is 5.26 Å². The predicted molar refractivity (Wildman–Crippen MR) is 181 cm³/mol. The molecule has 4 aromatic rings. The zero-order chi connectivity index (χ0) is 33.7. The number of nitriles is 1. The summed E-state index contributed by atoms with van der Waals surface area (Å²) in [5.74, 6) is 0.623. The van der Waals surface area contributed by atoms with E-state index in [0.717, 1.165) is 61.3 Å². The maximum Gasteiger partial charge on any atom is 0.343 e. The summed E-state index contributed by atoms with van der Waals surface area (Å²) < 4.78 is 28.5. The SMILES string of the molecule is CCC1(COCCCCOc2ccc(C(=O)Oc3ccc4c(c3)C(C)(C)c3cc(OC(=O)c5ccc(C#N)cc5)ccc3-4)cc2)COC1. The second kappa shape index (κ2) is 14.0. The lowest BCUT2D eigenvalue weighted by atomic mass is 9.82. The van der Waals surface area contributed by atoms with Gasteiger partial charge in [0.15, 0.2) is 0 Å². The van der Waals surface area contributed by atoms with Crippen LogP contribution in [0.15, 0.2) is 84.9 Å². The van der Waals surface area contributed by atoms with E-state index < -0.39 is 17.4 Å². The lowest BCUT2D eigenvalue weighted by Crippen LogP contribution is -2.45. The van der Waals surface area contributed by atoms with Gasteiger partial charge in [-0.25, -0.2) is 9.59 Å². The van der Waals surface area contributed by atoms with E-state index in [9.17, 15) is 9.59 Å². The van der Waals surface area contributed by atoms with Crippen molar-refractivity contribution in [2.75, 3.05) is 33.0 Å². The molecule has 0 bridgehead atoms. The van der Waals surface area contributed by atoms with Crippen molar-refractivity contribution in [3.05, 3.63) is 113 Å². The molecule has 0 aromatic heterocycles. The van der Waals surface area contributed by atoms with Crippen LogP contribution in [0.2, 0.25) is 0 Å². The van der Waals surface area contributed by atoms with Gasteiger partial charge >= 0.3 is 11.9 Å². The van der Waals surface area contributed by atoms with Gasteiger partial charge < -0.3 is 23.7 Å². The van der Waals surface area contributed by atoms with E-state index in [1.165, 1.54) is 0 Å². The first-order chi connectivity index (χ1) is 23.2. The van der Waals surface area contributed by atoms with E-state index >= 15 is 0 Å². The van der Waals surface area contributed by atoms with Gasteiger partial charge in [0.25, 0.3) is 0 Å². The first kappa shape index (κ1) is 33.0. The van der Waals surface area contributed by atoms with Crippen molar-refractivity contribution in [1.82, 2.24) is 0 Å². The maximum atomic E-state index is 13.0. The van der Waals surface area contributed by atoms with Gasteiger partial charge in [-0.1, -0.05) is 32.9 Å². The summed E-state index contributed by atoms with van der Waals surface area (Å²) in [6.45, 7) is 9.98. The number of esters is 2. The highest BCUT2D eigenvalue weighted by molar-refractivity contribution is 5.92. The van der Waals surface area contributed by atoms with Crippen molar-refractivity contribution < 1.29 is 33.3 Å². The minimum Gasteiger partial charge on any atom is -0.494 e. The fraction of sp³-hybridized carbons (Fsp3) is 0.325. The highest BCUT2D eigenvalue weighted by Crippen LogP contribution is 2.50. The van der Waals surface area contributed by atoms with Crippen LogP contribution in [-0.2, 0) is 14.9 Å². The van der Waals surface area contributed by atoms with Crippen molar-refractivity contribution in [2.24, 2.45) is 5.41 Å². The Morgan fingerprint density at radius 3 is 1.77 bits per heavy atom. The average Bonchev–Trinajstić information content (AvgIpc) is 3.30. The molecule has 1 saturated heterocycles. The topological polar surface area (TPSA) is 104 Å². The number of benzene rings is 4. The number of nitrogens with zero attached hydrogens (tertiary/aromatic N) is 1. The number of carbonyl (C=O) groups excluding carboxylic acids is 2. The van der Waals surface area contributed by atoms with E-state index in [0.29, 0.717) is 47.2 Å². The van der Waals surface area contributed by atoms with E-state index in [1.807, 2.05) is 30.3 Å². The van der Waals surface area contributed by atoms with Crippen molar-refractivity contribution >= 4 is 11.9 Å². The highest BCUT2D eigenvalue weighted by atomic mass is 16.5. The molecular formula is C40H39NO7. The molecule has 4 aromatic carbocycles. The molecule has 0 spiro atoms. The van der Waals surface area contributed by atoms with Crippen LogP contribution in [0.4, 0.5) is 0 Å². The Kier molecular flexibility index (Phi) is 9.63. The molecule has 8 nitrogen and oxygen atoms in total. The zero-order valence-electron chi connectivity index (χ0n) is 27.5.